The molecule has 1 heterocycles. The van der Waals surface area contributed by atoms with Crippen molar-refractivity contribution < 1.29 is 23.4 Å². The molecule has 0 amide bonds. The summed E-state index contributed by atoms with van der Waals surface area (Å²) < 4.78 is 26.6. The maximum absolute atomic E-state index is 12.6. The van der Waals surface area contributed by atoms with Crippen LogP contribution in [0.15, 0.2) is 0 Å². The molecule has 0 aromatic carbocycles. The van der Waals surface area contributed by atoms with Crippen molar-refractivity contribution in [3.8, 4) is 0 Å². The number of carboxylic acids is 1. The summed E-state index contributed by atoms with van der Waals surface area (Å²) in [5, 5.41) is 17.6. The van der Waals surface area contributed by atoms with Gasteiger partial charge < -0.3 is 10.2 Å². The van der Waals surface area contributed by atoms with Gasteiger partial charge in [-0.05, 0) is 25.7 Å². The first kappa shape index (κ1) is 14.7. The van der Waals surface area contributed by atoms with Crippen LogP contribution in [0.2, 0.25) is 0 Å². The number of hydrogen-bond acceptors (Lipinski definition) is 4. The third-order valence-corrected chi connectivity index (χ3v) is 6.73. The molecule has 19 heavy (non-hydrogen) atoms. The van der Waals surface area contributed by atoms with Crippen molar-refractivity contribution in [3.05, 3.63) is 0 Å². The minimum absolute atomic E-state index is 0.191. The minimum Gasteiger partial charge on any atom is -0.481 e. The molecule has 2 fully saturated rings. The van der Waals surface area contributed by atoms with Crippen molar-refractivity contribution in [1.82, 2.24) is 4.31 Å². The van der Waals surface area contributed by atoms with E-state index < -0.39 is 27.2 Å². The molecule has 1 saturated heterocycles. The molecule has 6 nitrogen and oxygen atoms in total. The normalized spacial score (nSPS) is 33.4. The molecule has 2 rings (SSSR count). The summed E-state index contributed by atoms with van der Waals surface area (Å²) in [5.41, 5.74) is 0. The average molecular weight is 291 g/mol. The highest BCUT2D eigenvalue weighted by atomic mass is 32.2. The zero-order chi connectivity index (χ0) is 14.0. The molecule has 1 aliphatic carbocycles. The molecule has 0 aromatic heterocycles. The number of rotatable bonds is 4. The molecule has 2 N–H and O–H groups in total. The molecular weight excluding hydrogens is 270 g/mol. The van der Waals surface area contributed by atoms with Crippen LogP contribution in [0.4, 0.5) is 0 Å². The van der Waals surface area contributed by atoms with Gasteiger partial charge in [-0.1, -0.05) is 12.8 Å². The second-order valence-corrected chi connectivity index (χ2v) is 7.51. The van der Waals surface area contributed by atoms with Gasteiger partial charge in [0.05, 0.1) is 17.8 Å². The molecule has 110 valence electrons. The van der Waals surface area contributed by atoms with Crippen LogP contribution in [0.25, 0.3) is 0 Å². The Hall–Kier alpha value is -0.660. The molecule has 3 unspecified atom stereocenters. The lowest BCUT2D eigenvalue weighted by atomic mass is 10.1. The largest absolute Gasteiger partial charge is 0.481 e. The Morgan fingerprint density at radius 3 is 2.53 bits per heavy atom. The van der Waals surface area contributed by atoms with Crippen LogP contribution in [0, 0.1) is 5.92 Å². The van der Waals surface area contributed by atoms with Crippen LogP contribution >= 0.6 is 0 Å². The highest BCUT2D eigenvalue weighted by Crippen LogP contribution is 2.35. The summed E-state index contributed by atoms with van der Waals surface area (Å²) in [5.74, 6) is -1.82. The Morgan fingerprint density at radius 1 is 1.16 bits per heavy atom. The lowest BCUT2D eigenvalue weighted by Gasteiger charge is -2.36. The first-order valence-corrected chi connectivity index (χ1v) is 8.33. The smallest absolute Gasteiger partial charge is 0.307 e. The van der Waals surface area contributed by atoms with E-state index >= 15 is 0 Å². The average Bonchev–Trinajstić information content (AvgIpc) is 2.88. The van der Waals surface area contributed by atoms with Gasteiger partial charge in [0, 0.05) is 12.6 Å². The fourth-order valence-electron chi connectivity index (χ4n) is 3.23. The van der Waals surface area contributed by atoms with Gasteiger partial charge in [0.1, 0.15) is 0 Å². The van der Waals surface area contributed by atoms with Gasteiger partial charge in [0.25, 0.3) is 0 Å². The summed E-state index contributed by atoms with van der Waals surface area (Å²) in [6, 6.07) is -0.381. The Kier molecular flexibility index (Phi) is 4.47. The number of carbonyl (C=O) groups is 1. The van der Waals surface area contributed by atoms with Crippen LogP contribution in [-0.2, 0) is 14.8 Å². The van der Waals surface area contributed by atoms with Crippen molar-refractivity contribution >= 4 is 16.0 Å². The lowest BCUT2D eigenvalue weighted by Crippen LogP contribution is -2.50. The van der Waals surface area contributed by atoms with Crippen molar-refractivity contribution in [2.45, 2.75) is 49.8 Å². The predicted octanol–water partition coefficient (Wildman–Crippen LogP) is 0.416. The van der Waals surface area contributed by atoms with E-state index in [9.17, 15) is 18.3 Å². The SMILES string of the molecule is O=C(O)C1CCCC1S(=O)(=O)N1CCCCC1CO. The van der Waals surface area contributed by atoms with Gasteiger partial charge in [-0.2, -0.15) is 4.31 Å². The monoisotopic (exact) mass is 291 g/mol. The number of carboxylic acid groups (broad SMARTS) is 1. The van der Waals surface area contributed by atoms with Crippen LogP contribution in [0.5, 0.6) is 0 Å². The van der Waals surface area contributed by atoms with E-state index in [4.69, 9.17) is 5.11 Å². The summed E-state index contributed by atoms with van der Waals surface area (Å²) in [6.07, 6.45) is 3.81. The maximum Gasteiger partial charge on any atom is 0.307 e. The van der Waals surface area contributed by atoms with E-state index in [2.05, 4.69) is 0 Å². The first-order chi connectivity index (χ1) is 8.98. The number of nitrogens with zero attached hydrogens (tertiary/aromatic N) is 1. The van der Waals surface area contributed by atoms with Gasteiger partial charge in [-0.15, -0.1) is 0 Å². The van der Waals surface area contributed by atoms with Crippen LogP contribution in [0.1, 0.15) is 38.5 Å². The number of aliphatic carboxylic acids is 1. The number of sulfonamides is 1. The predicted molar refractivity (Wildman–Crippen MR) is 69.1 cm³/mol. The van der Waals surface area contributed by atoms with Crippen molar-refractivity contribution in [2.75, 3.05) is 13.2 Å². The Bertz CT molecular complexity index is 435. The van der Waals surface area contributed by atoms with Crippen molar-refractivity contribution in [2.24, 2.45) is 5.92 Å². The zero-order valence-corrected chi connectivity index (χ0v) is 11.7. The number of aliphatic hydroxyl groups is 1. The van der Waals surface area contributed by atoms with Crippen LogP contribution in [0.3, 0.4) is 0 Å². The van der Waals surface area contributed by atoms with Gasteiger partial charge >= 0.3 is 5.97 Å². The Balaban J connectivity index is 2.23. The fraction of sp³-hybridized carbons (Fsp3) is 0.917. The van der Waals surface area contributed by atoms with E-state index in [0.29, 0.717) is 32.2 Å². The molecule has 1 aliphatic heterocycles. The molecule has 7 heteroatoms. The van der Waals surface area contributed by atoms with Crippen molar-refractivity contribution in [1.29, 1.82) is 0 Å². The topological polar surface area (TPSA) is 94.9 Å². The summed E-state index contributed by atoms with van der Waals surface area (Å²) in [6.45, 7) is 0.208. The summed E-state index contributed by atoms with van der Waals surface area (Å²) >= 11 is 0. The lowest BCUT2D eigenvalue weighted by molar-refractivity contribution is -0.141. The van der Waals surface area contributed by atoms with E-state index in [1.807, 2.05) is 0 Å². The summed E-state index contributed by atoms with van der Waals surface area (Å²) in [7, 11) is -3.62. The second-order valence-electron chi connectivity index (χ2n) is 5.40. The highest BCUT2D eigenvalue weighted by Gasteiger charge is 2.46. The number of piperidine rings is 1. The minimum atomic E-state index is -3.62. The third kappa shape index (κ3) is 2.78. The van der Waals surface area contributed by atoms with Crippen LogP contribution < -0.4 is 0 Å². The Morgan fingerprint density at radius 2 is 1.89 bits per heavy atom. The van der Waals surface area contributed by atoms with Crippen molar-refractivity contribution in [3.63, 3.8) is 0 Å². The molecular formula is C12H21NO5S. The van der Waals surface area contributed by atoms with E-state index in [1.54, 1.807) is 0 Å². The molecule has 3 atom stereocenters. The van der Waals surface area contributed by atoms with Gasteiger partial charge in [-0.25, -0.2) is 8.42 Å². The van der Waals surface area contributed by atoms with E-state index in [0.717, 1.165) is 12.8 Å². The maximum atomic E-state index is 12.6. The molecule has 0 bridgehead atoms. The zero-order valence-electron chi connectivity index (χ0n) is 10.9. The number of hydrogen-bond donors (Lipinski definition) is 2. The van der Waals surface area contributed by atoms with Crippen LogP contribution in [-0.4, -0.2) is 53.3 Å². The standard InChI is InChI=1S/C12H21NO5S/c14-8-9-4-1-2-7-13(9)19(17,18)11-6-3-5-10(11)12(15)16/h9-11,14H,1-8H2,(H,15,16). The molecule has 1 saturated carbocycles. The van der Waals surface area contributed by atoms with Gasteiger partial charge in [0.15, 0.2) is 0 Å². The second kappa shape index (κ2) is 5.76. The first-order valence-electron chi connectivity index (χ1n) is 6.82. The highest BCUT2D eigenvalue weighted by molar-refractivity contribution is 7.89. The van der Waals surface area contributed by atoms with E-state index in [-0.39, 0.29) is 12.6 Å². The quantitative estimate of drug-likeness (QED) is 0.782. The molecule has 0 spiro atoms. The fourth-order valence-corrected chi connectivity index (χ4v) is 5.68. The van der Waals surface area contributed by atoms with Gasteiger partial charge in [-0.3, -0.25) is 4.79 Å². The third-order valence-electron chi connectivity index (χ3n) is 4.26. The molecule has 2 aliphatic rings. The van der Waals surface area contributed by atoms with E-state index in [1.165, 1.54) is 4.31 Å². The molecule has 0 radical (unpaired) electrons. The molecule has 0 aromatic rings. The number of aliphatic hydroxyl groups excluding tert-OH is 1. The van der Waals surface area contributed by atoms with Gasteiger partial charge in [0.2, 0.25) is 10.0 Å². The summed E-state index contributed by atoms with van der Waals surface area (Å²) in [4.78, 5) is 11.2. The Labute approximate surface area is 113 Å².